The van der Waals surface area contributed by atoms with Crippen LogP contribution < -0.4 is 5.32 Å². The minimum absolute atomic E-state index is 0.132. The molecule has 3 rings (SSSR count). The number of benzene rings is 2. The molecule has 0 aliphatic carbocycles. The first-order valence-corrected chi connectivity index (χ1v) is 8.78. The van der Waals surface area contributed by atoms with Gasteiger partial charge in [-0.05, 0) is 37.6 Å². The average Bonchev–Trinajstić information content (AvgIpc) is 3.02. The smallest absolute Gasteiger partial charge is 0.418 e. The Morgan fingerprint density at radius 2 is 1.90 bits per heavy atom. The van der Waals surface area contributed by atoms with Gasteiger partial charge in [-0.25, -0.2) is 0 Å². The molecule has 5 nitrogen and oxygen atoms in total. The number of furan rings is 1. The van der Waals surface area contributed by atoms with E-state index in [1.54, 1.807) is 0 Å². The van der Waals surface area contributed by atoms with Gasteiger partial charge in [0.1, 0.15) is 5.58 Å². The van der Waals surface area contributed by atoms with Crippen LogP contribution in [0.1, 0.15) is 23.6 Å². The van der Waals surface area contributed by atoms with Crippen LogP contribution in [0.3, 0.4) is 0 Å². The van der Waals surface area contributed by atoms with Crippen LogP contribution in [0.5, 0.6) is 0 Å². The maximum atomic E-state index is 13.0. The number of amides is 1. The number of para-hydroxylation sites is 1. The molecule has 0 spiro atoms. The van der Waals surface area contributed by atoms with Crippen LogP contribution in [0.25, 0.3) is 11.0 Å². The molecule has 1 heterocycles. The van der Waals surface area contributed by atoms with Crippen LogP contribution in [0, 0.1) is 6.92 Å². The van der Waals surface area contributed by atoms with E-state index < -0.39 is 35.4 Å². The summed E-state index contributed by atoms with van der Waals surface area (Å²) in [5.74, 6) is -1.55. The summed E-state index contributed by atoms with van der Waals surface area (Å²) >= 11 is 0. The number of halogens is 3. The average molecular weight is 405 g/mol. The Balaban J connectivity index is 1.64. The molecule has 0 aliphatic heterocycles. The van der Waals surface area contributed by atoms with Crippen LogP contribution in [0.4, 0.5) is 18.9 Å². The Morgan fingerprint density at radius 3 is 2.62 bits per heavy atom. The molecule has 3 aromatic rings. The Morgan fingerprint density at radius 1 is 1.17 bits per heavy atom. The minimum Gasteiger partial charge on any atom is -0.464 e. The van der Waals surface area contributed by atoms with Gasteiger partial charge < -0.3 is 14.5 Å². The topological polar surface area (TPSA) is 68.5 Å². The molecule has 0 bridgehead atoms. The van der Waals surface area contributed by atoms with Gasteiger partial charge in [0, 0.05) is 10.9 Å². The van der Waals surface area contributed by atoms with Crippen molar-refractivity contribution in [2.45, 2.75) is 32.5 Å². The van der Waals surface area contributed by atoms with Crippen LogP contribution in [-0.2, 0) is 26.9 Å². The lowest BCUT2D eigenvalue weighted by atomic mass is 10.1. The van der Waals surface area contributed by atoms with Crippen molar-refractivity contribution >= 4 is 28.5 Å². The third kappa shape index (κ3) is 4.77. The molecule has 0 aliphatic rings. The Hall–Kier alpha value is -3.29. The number of carbonyl (C=O) groups is 2. The molecular weight excluding hydrogens is 387 g/mol. The molecule has 1 amide bonds. The summed E-state index contributed by atoms with van der Waals surface area (Å²) in [6.45, 7) is 3.20. The fourth-order valence-corrected chi connectivity index (χ4v) is 2.85. The normalized spacial score (nSPS) is 12.6. The van der Waals surface area contributed by atoms with E-state index in [1.807, 2.05) is 25.1 Å². The van der Waals surface area contributed by atoms with Gasteiger partial charge in [0.2, 0.25) is 0 Å². The van der Waals surface area contributed by atoms with Gasteiger partial charge in [-0.15, -0.1) is 0 Å². The predicted octanol–water partition coefficient (Wildman–Crippen LogP) is 4.87. The van der Waals surface area contributed by atoms with Gasteiger partial charge in [0.25, 0.3) is 5.91 Å². The second-order valence-electron chi connectivity index (χ2n) is 6.60. The van der Waals surface area contributed by atoms with Crippen LogP contribution in [0.15, 0.2) is 53.1 Å². The number of aryl methyl sites for hydroxylation is 1. The molecule has 8 heteroatoms. The molecule has 1 N–H and O–H groups in total. The highest BCUT2D eigenvalue weighted by atomic mass is 19.4. The molecule has 0 fully saturated rings. The maximum Gasteiger partial charge on any atom is 0.418 e. The number of rotatable bonds is 5. The molecule has 29 heavy (non-hydrogen) atoms. The summed E-state index contributed by atoms with van der Waals surface area (Å²) in [7, 11) is 0. The summed E-state index contributed by atoms with van der Waals surface area (Å²) in [6, 6.07) is 10.1. The SMILES string of the molecule is Cc1ccc2c(CC(=O)O[C@H](C)C(=O)Nc3ccccc3C(F)(F)F)coc2c1. The highest BCUT2D eigenvalue weighted by molar-refractivity contribution is 5.96. The highest BCUT2D eigenvalue weighted by Gasteiger charge is 2.34. The van der Waals surface area contributed by atoms with E-state index in [0.29, 0.717) is 11.1 Å². The van der Waals surface area contributed by atoms with E-state index in [0.717, 1.165) is 23.1 Å². The van der Waals surface area contributed by atoms with Gasteiger partial charge in [0.15, 0.2) is 6.10 Å². The summed E-state index contributed by atoms with van der Waals surface area (Å²) in [4.78, 5) is 24.4. The maximum absolute atomic E-state index is 13.0. The third-order valence-corrected chi connectivity index (χ3v) is 4.31. The fraction of sp³-hybridized carbons (Fsp3) is 0.238. The number of nitrogens with one attached hydrogen (secondary N) is 1. The zero-order chi connectivity index (χ0) is 21.2. The molecule has 0 saturated heterocycles. The largest absolute Gasteiger partial charge is 0.464 e. The van der Waals surface area contributed by atoms with Gasteiger partial charge in [-0.2, -0.15) is 13.2 Å². The van der Waals surface area contributed by atoms with Gasteiger partial charge >= 0.3 is 12.1 Å². The number of esters is 1. The molecule has 0 radical (unpaired) electrons. The van der Waals surface area contributed by atoms with Gasteiger partial charge in [0.05, 0.1) is 23.9 Å². The fourth-order valence-electron chi connectivity index (χ4n) is 2.85. The molecule has 0 unspecified atom stereocenters. The van der Waals surface area contributed by atoms with Crippen LogP contribution >= 0.6 is 0 Å². The number of hydrogen-bond acceptors (Lipinski definition) is 4. The first-order valence-electron chi connectivity index (χ1n) is 8.78. The van der Waals surface area contributed by atoms with Crippen molar-refractivity contribution in [3.63, 3.8) is 0 Å². The number of ether oxygens (including phenoxy) is 1. The van der Waals surface area contributed by atoms with Crippen molar-refractivity contribution in [3.8, 4) is 0 Å². The number of carbonyl (C=O) groups excluding carboxylic acids is 2. The zero-order valence-electron chi connectivity index (χ0n) is 15.7. The third-order valence-electron chi connectivity index (χ3n) is 4.31. The molecule has 1 atom stereocenters. The monoisotopic (exact) mass is 405 g/mol. The minimum atomic E-state index is -4.62. The number of fused-ring (bicyclic) bond motifs is 1. The van der Waals surface area contributed by atoms with Gasteiger partial charge in [-0.3, -0.25) is 9.59 Å². The predicted molar refractivity (Wildman–Crippen MR) is 100 cm³/mol. The number of alkyl halides is 3. The van der Waals surface area contributed by atoms with Crippen LogP contribution in [-0.4, -0.2) is 18.0 Å². The molecule has 152 valence electrons. The summed E-state index contributed by atoms with van der Waals surface area (Å²) in [5, 5.41) is 2.92. The molecule has 2 aromatic carbocycles. The highest BCUT2D eigenvalue weighted by Crippen LogP contribution is 2.34. The Labute approximate surface area is 164 Å². The lowest BCUT2D eigenvalue weighted by molar-refractivity contribution is -0.152. The Kier molecular flexibility index (Phi) is 5.63. The number of hydrogen-bond donors (Lipinski definition) is 1. The quantitative estimate of drug-likeness (QED) is 0.615. The van der Waals surface area contributed by atoms with Crippen molar-refractivity contribution in [2.24, 2.45) is 0 Å². The Bertz CT molecular complexity index is 1060. The summed E-state index contributed by atoms with van der Waals surface area (Å²) in [6.07, 6.45) is -4.59. The second-order valence-corrected chi connectivity index (χ2v) is 6.60. The zero-order valence-corrected chi connectivity index (χ0v) is 15.7. The summed E-state index contributed by atoms with van der Waals surface area (Å²) < 4.78 is 49.6. The van der Waals surface area contributed by atoms with E-state index in [1.165, 1.54) is 25.3 Å². The standard InChI is InChI=1S/C21H18F3NO4/c1-12-7-8-15-14(11-28-18(15)9-12)10-19(26)29-13(2)20(27)25-17-6-4-3-5-16(17)21(22,23)24/h3-9,11,13H,10H2,1-2H3,(H,25,27)/t13-/m1/s1. The van der Waals surface area contributed by atoms with Crippen molar-refractivity contribution in [1.29, 1.82) is 0 Å². The van der Waals surface area contributed by atoms with E-state index in [2.05, 4.69) is 5.32 Å². The van der Waals surface area contributed by atoms with Crippen molar-refractivity contribution in [1.82, 2.24) is 0 Å². The first kappa shape index (κ1) is 20.4. The molecule has 1 aromatic heterocycles. The summed E-state index contributed by atoms with van der Waals surface area (Å²) in [5.41, 5.74) is 0.851. The van der Waals surface area contributed by atoms with Gasteiger partial charge in [-0.1, -0.05) is 24.3 Å². The lowest BCUT2D eigenvalue weighted by Gasteiger charge is -2.16. The van der Waals surface area contributed by atoms with E-state index in [-0.39, 0.29) is 6.42 Å². The van der Waals surface area contributed by atoms with Crippen molar-refractivity contribution in [2.75, 3.05) is 5.32 Å². The number of anilines is 1. The molecule has 0 saturated carbocycles. The molecular formula is C21H18F3NO4. The van der Waals surface area contributed by atoms with Crippen molar-refractivity contribution < 1.29 is 31.9 Å². The lowest BCUT2D eigenvalue weighted by Crippen LogP contribution is -2.31. The first-order chi connectivity index (χ1) is 13.6. The van der Waals surface area contributed by atoms with E-state index in [4.69, 9.17) is 9.15 Å². The van der Waals surface area contributed by atoms with E-state index >= 15 is 0 Å². The van der Waals surface area contributed by atoms with Crippen molar-refractivity contribution in [3.05, 3.63) is 65.4 Å². The van der Waals surface area contributed by atoms with E-state index in [9.17, 15) is 22.8 Å². The second kappa shape index (κ2) is 7.98. The van der Waals surface area contributed by atoms with Crippen LogP contribution in [0.2, 0.25) is 0 Å².